The smallest absolute Gasteiger partial charge is 0.295 e. The van der Waals surface area contributed by atoms with E-state index in [2.05, 4.69) is 5.32 Å². The molecule has 208 valence electrons. The average molecular weight is 580 g/mol. The van der Waals surface area contributed by atoms with E-state index in [-0.39, 0.29) is 9.79 Å². The SMILES string of the molecule is CCNc1ccc(C(=C2C=CC(=[N+](CC)Cc3cccc(S(=O)(=O)O)c3)C=C2)c2ccccc2S(=O)(=O)O)cc1. The van der Waals surface area contributed by atoms with Gasteiger partial charge in [0.25, 0.3) is 20.2 Å². The minimum Gasteiger partial charge on any atom is -0.385 e. The van der Waals surface area contributed by atoms with Crippen molar-refractivity contribution in [3.8, 4) is 0 Å². The summed E-state index contributed by atoms with van der Waals surface area (Å²) in [6.07, 6.45) is 7.60. The van der Waals surface area contributed by atoms with Crippen LogP contribution in [-0.4, -0.2) is 49.3 Å². The number of rotatable bonds is 9. The van der Waals surface area contributed by atoms with E-state index in [1.807, 2.05) is 67.0 Å². The number of hydrogen-bond donors (Lipinski definition) is 3. The predicted molar refractivity (Wildman–Crippen MR) is 157 cm³/mol. The van der Waals surface area contributed by atoms with Gasteiger partial charge in [0, 0.05) is 35.5 Å². The zero-order chi connectivity index (χ0) is 28.9. The third-order valence-corrected chi connectivity index (χ3v) is 8.22. The van der Waals surface area contributed by atoms with Gasteiger partial charge in [0.1, 0.15) is 11.4 Å². The van der Waals surface area contributed by atoms with Crippen molar-refractivity contribution < 1.29 is 30.5 Å². The van der Waals surface area contributed by atoms with Crippen molar-refractivity contribution in [2.75, 3.05) is 18.4 Å². The van der Waals surface area contributed by atoms with Crippen LogP contribution in [0.1, 0.15) is 30.5 Å². The highest BCUT2D eigenvalue weighted by Gasteiger charge is 2.22. The van der Waals surface area contributed by atoms with Gasteiger partial charge in [-0.2, -0.15) is 16.8 Å². The van der Waals surface area contributed by atoms with Gasteiger partial charge in [-0.25, -0.2) is 4.58 Å². The first-order chi connectivity index (χ1) is 19.0. The molecule has 0 aromatic heterocycles. The van der Waals surface area contributed by atoms with E-state index >= 15 is 0 Å². The molecule has 3 aromatic carbocycles. The van der Waals surface area contributed by atoms with Crippen LogP contribution < -0.4 is 5.32 Å². The number of nitrogens with one attached hydrogen (secondary N) is 1. The van der Waals surface area contributed by atoms with Gasteiger partial charge in [0.05, 0.1) is 4.90 Å². The largest absolute Gasteiger partial charge is 0.385 e. The fourth-order valence-corrected chi connectivity index (χ4v) is 5.83. The molecule has 40 heavy (non-hydrogen) atoms. The quantitative estimate of drug-likeness (QED) is 0.235. The van der Waals surface area contributed by atoms with Gasteiger partial charge >= 0.3 is 0 Å². The minimum atomic E-state index is -4.49. The molecular weight excluding hydrogens is 548 g/mol. The second-order valence-electron chi connectivity index (χ2n) is 9.14. The van der Waals surface area contributed by atoms with Crippen LogP contribution in [0.25, 0.3) is 5.57 Å². The van der Waals surface area contributed by atoms with E-state index in [1.165, 1.54) is 18.2 Å². The summed E-state index contributed by atoms with van der Waals surface area (Å²) in [6.45, 7) is 5.78. The highest BCUT2D eigenvalue weighted by Crippen LogP contribution is 2.34. The molecule has 0 saturated carbocycles. The third kappa shape index (κ3) is 6.83. The van der Waals surface area contributed by atoms with Gasteiger partial charge in [-0.05, 0) is 73.0 Å². The fraction of sp³-hybridized carbons (Fsp3) is 0.167. The molecular formula is C30H31N2O6S2+. The fourth-order valence-electron chi connectivity index (χ4n) is 4.58. The lowest BCUT2D eigenvalue weighted by molar-refractivity contribution is -0.539. The van der Waals surface area contributed by atoms with Crippen LogP contribution >= 0.6 is 0 Å². The molecule has 1 aliphatic rings. The lowest BCUT2D eigenvalue weighted by atomic mass is 9.90. The van der Waals surface area contributed by atoms with Crippen molar-refractivity contribution >= 4 is 37.2 Å². The molecule has 8 nitrogen and oxygen atoms in total. The Morgan fingerprint density at radius 3 is 2.08 bits per heavy atom. The molecule has 3 aromatic rings. The van der Waals surface area contributed by atoms with Crippen LogP contribution in [0, 0.1) is 0 Å². The summed E-state index contributed by atoms with van der Waals surface area (Å²) in [5, 5.41) is 3.25. The number of allylic oxidation sites excluding steroid dienone is 5. The van der Waals surface area contributed by atoms with Gasteiger partial charge in [0.2, 0.25) is 0 Å². The topological polar surface area (TPSA) is 124 Å². The Hall–Kier alpha value is -3.83. The predicted octanol–water partition coefficient (Wildman–Crippen LogP) is 5.21. The molecule has 0 unspecified atom stereocenters. The molecule has 4 rings (SSSR count). The normalized spacial score (nSPS) is 13.4. The minimum absolute atomic E-state index is 0.159. The zero-order valence-electron chi connectivity index (χ0n) is 22.2. The molecule has 3 N–H and O–H groups in total. The molecule has 0 saturated heterocycles. The second kappa shape index (κ2) is 12.1. The Bertz CT molecular complexity index is 1730. The zero-order valence-corrected chi connectivity index (χ0v) is 23.8. The van der Waals surface area contributed by atoms with Crippen molar-refractivity contribution in [3.63, 3.8) is 0 Å². The molecule has 0 atom stereocenters. The summed E-state index contributed by atoms with van der Waals surface area (Å²) in [5.74, 6) is 0. The Labute approximate surface area is 235 Å². The highest BCUT2D eigenvalue weighted by atomic mass is 32.2. The van der Waals surface area contributed by atoms with Gasteiger partial charge in [-0.3, -0.25) is 9.11 Å². The van der Waals surface area contributed by atoms with Crippen LogP contribution in [0.2, 0.25) is 0 Å². The van der Waals surface area contributed by atoms with Crippen molar-refractivity contribution in [2.24, 2.45) is 0 Å². The Kier molecular flexibility index (Phi) is 8.85. The van der Waals surface area contributed by atoms with E-state index in [9.17, 15) is 25.9 Å². The van der Waals surface area contributed by atoms with Gasteiger partial charge in [-0.15, -0.1) is 0 Å². The first-order valence-electron chi connectivity index (χ1n) is 12.7. The summed E-state index contributed by atoms with van der Waals surface area (Å²) in [6, 6.07) is 20.2. The summed E-state index contributed by atoms with van der Waals surface area (Å²) in [5.41, 5.74) is 5.07. The number of anilines is 1. The number of benzene rings is 3. The molecule has 1 aliphatic carbocycles. The first kappa shape index (κ1) is 29.2. The molecule has 0 amide bonds. The summed E-state index contributed by atoms with van der Waals surface area (Å²) in [7, 11) is -8.79. The maximum atomic E-state index is 12.3. The molecule has 0 fully saturated rings. The summed E-state index contributed by atoms with van der Waals surface area (Å²) < 4.78 is 69.1. The molecule has 0 aliphatic heterocycles. The van der Waals surface area contributed by atoms with Gasteiger partial charge in [-0.1, -0.05) is 42.5 Å². The molecule has 0 heterocycles. The second-order valence-corrected chi connectivity index (χ2v) is 11.9. The maximum absolute atomic E-state index is 12.3. The Morgan fingerprint density at radius 2 is 1.48 bits per heavy atom. The van der Waals surface area contributed by atoms with Crippen LogP contribution in [0.4, 0.5) is 5.69 Å². The summed E-state index contributed by atoms with van der Waals surface area (Å²) in [4.78, 5) is -0.341. The molecule has 0 radical (unpaired) electrons. The van der Waals surface area contributed by atoms with E-state index in [4.69, 9.17) is 0 Å². The molecule has 0 spiro atoms. The lowest BCUT2D eigenvalue weighted by Gasteiger charge is -2.17. The third-order valence-electron chi connectivity index (χ3n) is 6.46. The van der Waals surface area contributed by atoms with E-state index in [0.717, 1.165) is 34.6 Å². The van der Waals surface area contributed by atoms with Crippen molar-refractivity contribution in [1.82, 2.24) is 0 Å². The molecule has 10 heteroatoms. The number of nitrogens with zero attached hydrogens (tertiary/aromatic N) is 1. The maximum Gasteiger partial charge on any atom is 0.295 e. The van der Waals surface area contributed by atoms with Crippen LogP contribution in [0.3, 0.4) is 0 Å². The van der Waals surface area contributed by atoms with Crippen LogP contribution in [0.5, 0.6) is 0 Å². The lowest BCUT2D eigenvalue weighted by Crippen LogP contribution is -2.19. The van der Waals surface area contributed by atoms with Gasteiger partial charge < -0.3 is 5.32 Å². The van der Waals surface area contributed by atoms with Crippen molar-refractivity contribution in [1.29, 1.82) is 0 Å². The van der Waals surface area contributed by atoms with Crippen LogP contribution in [-0.2, 0) is 26.8 Å². The van der Waals surface area contributed by atoms with Crippen molar-refractivity contribution in [2.45, 2.75) is 30.2 Å². The van der Waals surface area contributed by atoms with Gasteiger partial charge in [0.15, 0.2) is 12.3 Å². The monoisotopic (exact) mass is 579 g/mol. The van der Waals surface area contributed by atoms with Crippen LogP contribution in [0.15, 0.2) is 112 Å². The average Bonchev–Trinajstić information content (AvgIpc) is 2.93. The summed E-state index contributed by atoms with van der Waals surface area (Å²) >= 11 is 0. The number of hydrogen-bond acceptors (Lipinski definition) is 5. The standard InChI is InChI=1S/C30H30N2O6S2/c1-3-31-25-16-12-23(13-17-25)30(28-10-5-6-11-29(28)40(36,37)38)24-14-18-26(19-15-24)32(4-2)21-22-8-7-9-27(20-22)39(33,34)35/h5-20H,3-4,21H2,1-2H3,(H2,33,34,35,36,37,38)/p+1. The molecule has 0 bridgehead atoms. The van der Waals surface area contributed by atoms with Crippen molar-refractivity contribution in [3.05, 3.63) is 119 Å². The highest BCUT2D eigenvalue weighted by molar-refractivity contribution is 7.86. The van der Waals surface area contributed by atoms with E-state index < -0.39 is 20.2 Å². The van der Waals surface area contributed by atoms with E-state index in [1.54, 1.807) is 30.3 Å². The van der Waals surface area contributed by atoms with E-state index in [0.29, 0.717) is 24.2 Å². The Balaban J connectivity index is 1.80. The first-order valence-corrected chi connectivity index (χ1v) is 15.6. The Morgan fingerprint density at radius 1 is 0.800 bits per heavy atom.